The van der Waals surface area contributed by atoms with Crippen LogP contribution in [-0.4, -0.2) is 40.7 Å². The Kier molecular flexibility index (Phi) is 5.04. The van der Waals surface area contributed by atoms with E-state index >= 15 is 0 Å². The molecular formula is C19H24ClN3O2. The van der Waals surface area contributed by atoms with Crippen LogP contribution in [0.2, 0.25) is 5.15 Å². The minimum Gasteiger partial charge on any atom is -0.444 e. The van der Waals surface area contributed by atoms with Gasteiger partial charge in [-0.25, -0.2) is 9.78 Å². The minimum atomic E-state index is -0.456. The van der Waals surface area contributed by atoms with Gasteiger partial charge in [0.05, 0.1) is 0 Å². The molecule has 1 fully saturated rings. The topological polar surface area (TPSA) is 54.5 Å². The second-order valence-electron chi connectivity index (χ2n) is 7.39. The number of piperidine rings is 1. The maximum atomic E-state index is 12.2. The normalized spacial score (nSPS) is 16.1. The van der Waals surface area contributed by atoms with Crippen LogP contribution in [0.3, 0.4) is 0 Å². The number of carbonyl (C=O) groups is 1. The van der Waals surface area contributed by atoms with Gasteiger partial charge in [0.15, 0.2) is 0 Å². The van der Waals surface area contributed by atoms with Gasteiger partial charge in [-0.05, 0) is 45.7 Å². The van der Waals surface area contributed by atoms with E-state index < -0.39 is 5.60 Å². The Hall–Kier alpha value is -2.01. The van der Waals surface area contributed by atoms with Gasteiger partial charge in [-0.15, -0.1) is 0 Å². The second-order valence-corrected chi connectivity index (χ2v) is 7.75. The lowest BCUT2D eigenvalue weighted by molar-refractivity contribution is 0.0210. The summed E-state index contributed by atoms with van der Waals surface area (Å²) in [5.41, 5.74) is 0.597. The van der Waals surface area contributed by atoms with Gasteiger partial charge in [0.1, 0.15) is 10.8 Å². The molecule has 1 aromatic heterocycles. The highest BCUT2D eigenvalue weighted by Gasteiger charge is 2.27. The third-order valence-electron chi connectivity index (χ3n) is 4.26. The lowest BCUT2D eigenvalue weighted by atomic mass is 10.0. The number of amides is 1. The largest absolute Gasteiger partial charge is 0.444 e. The molecule has 1 aromatic carbocycles. The number of hydrogen-bond acceptors (Lipinski definition) is 4. The molecule has 25 heavy (non-hydrogen) atoms. The molecular weight excluding hydrogens is 338 g/mol. The fraction of sp³-hybridized carbons (Fsp3) is 0.474. The van der Waals surface area contributed by atoms with E-state index in [2.05, 4.69) is 16.4 Å². The fourth-order valence-corrected chi connectivity index (χ4v) is 3.27. The summed E-state index contributed by atoms with van der Waals surface area (Å²) in [5.74, 6) is 0. The molecule has 1 aliphatic rings. The summed E-state index contributed by atoms with van der Waals surface area (Å²) in [5, 5.41) is 6.12. The molecule has 6 heteroatoms. The molecule has 0 radical (unpaired) electrons. The van der Waals surface area contributed by atoms with E-state index in [0.717, 1.165) is 29.3 Å². The summed E-state index contributed by atoms with van der Waals surface area (Å²) < 4.78 is 5.45. The zero-order chi connectivity index (χ0) is 18.0. The standard InChI is InChI=1S/C19H24ClN3O2/c1-19(2,3)25-18(24)23-11-8-13(9-12-23)22-16-6-4-5-15-14(16)7-10-21-17(15)20/h4-7,10,13,22H,8-9,11-12H2,1-3H3. The quantitative estimate of drug-likeness (QED) is 0.788. The molecule has 0 saturated carbocycles. The summed E-state index contributed by atoms with van der Waals surface area (Å²) in [6.45, 7) is 7.05. The molecule has 0 atom stereocenters. The molecule has 3 rings (SSSR count). The number of carbonyl (C=O) groups excluding carboxylic acids is 1. The molecule has 0 aliphatic carbocycles. The van der Waals surface area contributed by atoms with Crippen molar-refractivity contribution in [3.05, 3.63) is 35.6 Å². The van der Waals surface area contributed by atoms with E-state index in [4.69, 9.17) is 16.3 Å². The number of nitrogens with zero attached hydrogens (tertiary/aromatic N) is 2. The van der Waals surface area contributed by atoms with Crippen molar-refractivity contribution in [1.82, 2.24) is 9.88 Å². The molecule has 2 heterocycles. The van der Waals surface area contributed by atoms with Gasteiger partial charge < -0.3 is 15.0 Å². The van der Waals surface area contributed by atoms with Crippen LogP contribution in [0.4, 0.5) is 10.5 Å². The van der Waals surface area contributed by atoms with E-state index in [-0.39, 0.29) is 6.09 Å². The molecule has 1 aliphatic heterocycles. The molecule has 5 nitrogen and oxygen atoms in total. The zero-order valence-corrected chi connectivity index (χ0v) is 15.6. The highest BCUT2D eigenvalue weighted by Crippen LogP contribution is 2.29. The lowest BCUT2D eigenvalue weighted by Crippen LogP contribution is -2.44. The highest BCUT2D eigenvalue weighted by atomic mass is 35.5. The van der Waals surface area contributed by atoms with Crippen LogP contribution in [0.15, 0.2) is 30.5 Å². The SMILES string of the molecule is CC(C)(C)OC(=O)N1CCC(Nc2cccc3c(Cl)nccc23)CC1. The summed E-state index contributed by atoms with van der Waals surface area (Å²) in [4.78, 5) is 18.1. The number of anilines is 1. The molecule has 0 unspecified atom stereocenters. The van der Waals surface area contributed by atoms with Crippen molar-refractivity contribution in [3.63, 3.8) is 0 Å². The van der Waals surface area contributed by atoms with Crippen LogP contribution in [0.5, 0.6) is 0 Å². The third-order valence-corrected chi connectivity index (χ3v) is 4.56. The van der Waals surface area contributed by atoms with Crippen molar-refractivity contribution in [2.75, 3.05) is 18.4 Å². The van der Waals surface area contributed by atoms with E-state index in [1.54, 1.807) is 11.1 Å². The number of ether oxygens (including phenoxy) is 1. The number of pyridine rings is 1. The number of halogens is 1. The van der Waals surface area contributed by atoms with Gasteiger partial charge in [-0.3, -0.25) is 0 Å². The number of hydrogen-bond donors (Lipinski definition) is 1. The molecule has 0 spiro atoms. The van der Waals surface area contributed by atoms with Gasteiger partial charge in [0.2, 0.25) is 0 Å². The number of rotatable bonds is 2. The van der Waals surface area contributed by atoms with Gasteiger partial charge in [-0.2, -0.15) is 0 Å². The maximum Gasteiger partial charge on any atom is 0.410 e. The zero-order valence-electron chi connectivity index (χ0n) is 14.9. The number of fused-ring (bicyclic) bond motifs is 1. The van der Waals surface area contributed by atoms with Gasteiger partial charge in [-0.1, -0.05) is 23.7 Å². The first-order chi connectivity index (χ1) is 11.8. The Labute approximate surface area is 153 Å². The first-order valence-corrected chi connectivity index (χ1v) is 8.99. The van der Waals surface area contributed by atoms with Crippen LogP contribution < -0.4 is 5.32 Å². The summed E-state index contributed by atoms with van der Waals surface area (Å²) in [7, 11) is 0. The van der Waals surface area contributed by atoms with Crippen LogP contribution in [0, 0.1) is 0 Å². The summed E-state index contributed by atoms with van der Waals surface area (Å²) in [6.07, 6.45) is 3.26. The van der Waals surface area contributed by atoms with Gasteiger partial charge >= 0.3 is 6.09 Å². The van der Waals surface area contributed by atoms with E-state index in [1.807, 2.05) is 39.0 Å². The summed E-state index contributed by atoms with van der Waals surface area (Å²) >= 11 is 6.18. The average molecular weight is 362 g/mol. The van der Waals surface area contributed by atoms with Crippen molar-refractivity contribution in [2.24, 2.45) is 0 Å². The third kappa shape index (κ3) is 4.34. The molecule has 0 bridgehead atoms. The Morgan fingerprint density at radius 1 is 1.24 bits per heavy atom. The number of likely N-dealkylation sites (tertiary alicyclic amines) is 1. The first-order valence-electron chi connectivity index (χ1n) is 8.61. The predicted molar refractivity (Wildman–Crippen MR) is 101 cm³/mol. The summed E-state index contributed by atoms with van der Waals surface area (Å²) in [6, 6.07) is 8.30. The molecule has 1 amide bonds. The number of benzene rings is 1. The van der Waals surface area contributed by atoms with Crippen LogP contribution in [0.25, 0.3) is 10.8 Å². The van der Waals surface area contributed by atoms with E-state index in [9.17, 15) is 4.79 Å². The van der Waals surface area contributed by atoms with Crippen molar-refractivity contribution < 1.29 is 9.53 Å². The van der Waals surface area contributed by atoms with Crippen molar-refractivity contribution in [2.45, 2.75) is 45.3 Å². The lowest BCUT2D eigenvalue weighted by Gasteiger charge is -2.34. The van der Waals surface area contributed by atoms with Gasteiger partial charge in [0.25, 0.3) is 0 Å². The smallest absolute Gasteiger partial charge is 0.410 e. The van der Waals surface area contributed by atoms with Crippen LogP contribution >= 0.6 is 11.6 Å². The van der Waals surface area contributed by atoms with Crippen molar-refractivity contribution in [1.29, 1.82) is 0 Å². The Bertz CT molecular complexity index is 765. The molecule has 2 aromatic rings. The predicted octanol–water partition coefficient (Wildman–Crippen LogP) is 4.70. The second kappa shape index (κ2) is 7.08. The van der Waals surface area contributed by atoms with Crippen molar-refractivity contribution >= 4 is 34.2 Å². The first kappa shape index (κ1) is 17.8. The Morgan fingerprint density at radius 2 is 1.96 bits per heavy atom. The molecule has 1 saturated heterocycles. The minimum absolute atomic E-state index is 0.228. The molecule has 1 N–H and O–H groups in total. The van der Waals surface area contributed by atoms with E-state index in [0.29, 0.717) is 24.3 Å². The van der Waals surface area contributed by atoms with Crippen LogP contribution in [-0.2, 0) is 4.74 Å². The van der Waals surface area contributed by atoms with Crippen LogP contribution in [0.1, 0.15) is 33.6 Å². The molecule has 134 valence electrons. The average Bonchev–Trinajstić information content (AvgIpc) is 2.55. The number of nitrogens with one attached hydrogen (secondary N) is 1. The highest BCUT2D eigenvalue weighted by molar-refractivity contribution is 6.34. The Balaban J connectivity index is 1.63. The monoisotopic (exact) mass is 361 g/mol. The number of aromatic nitrogens is 1. The van der Waals surface area contributed by atoms with E-state index in [1.165, 1.54) is 0 Å². The fourth-order valence-electron chi connectivity index (χ4n) is 3.05. The maximum absolute atomic E-state index is 12.2. The van der Waals surface area contributed by atoms with Gasteiger partial charge in [0, 0.05) is 41.8 Å². The van der Waals surface area contributed by atoms with Crippen molar-refractivity contribution in [3.8, 4) is 0 Å². The Morgan fingerprint density at radius 3 is 2.64 bits per heavy atom.